The highest BCUT2D eigenvalue weighted by atomic mass is 79.9. The number of ether oxygens (including phenoxy) is 1. The summed E-state index contributed by atoms with van der Waals surface area (Å²) in [5.74, 6) is 0. The summed E-state index contributed by atoms with van der Waals surface area (Å²) in [7, 11) is 1.59. The van der Waals surface area contributed by atoms with Gasteiger partial charge in [0, 0.05) is 12.8 Å². The van der Waals surface area contributed by atoms with E-state index in [0.717, 1.165) is 0 Å². The first-order valence-electron chi connectivity index (χ1n) is 5.07. The van der Waals surface area contributed by atoms with Crippen LogP contribution in [0.15, 0.2) is 27.7 Å². The Hall–Kier alpha value is -1.40. The molecule has 0 unspecified atom stereocenters. The Labute approximate surface area is 106 Å². The van der Waals surface area contributed by atoms with Crippen LogP contribution in [0.4, 0.5) is 5.69 Å². The van der Waals surface area contributed by atoms with Gasteiger partial charge in [0.15, 0.2) is 0 Å². The van der Waals surface area contributed by atoms with Crippen molar-refractivity contribution in [3.8, 4) is 0 Å². The Bertz CT molecular complexity index is 609. The second-order valence-electron chi connectivity index (χ2n) is 3.60. The van der Waals surface area contributed by atoms with Crippen LogP contribution >= 0.6 is 15.9 Å². The van der Waals surface area contributed by atoms with Crippen molar-refractivity contribution in [3.05, 3.63) is 33.3 Å². The van der Waals surface area contributed by atoms with Crippen LogP contribution in [0.25, 0.3) is 10.9 Å². The zero-order chi connectivity index (χ0) is 12.4. The van der Waals surface area contributed by atoms with E-state index in [4.69, 9.17) is 10.5 Å². The van der Waals surface area contributed by atoms with Gasteiger partial charge in [0.25, 0.3) is 5.56 Å². The molecule has 0 radical (unpaired) electrons. The Balaban J connectivity index is 2.65. The van der Waals surface area contributed by atoms with E-state index in [0.29, 0.717) is 34.2 Å². The maximum atomic E-state index is 12.2. The maximum Gasteiger partial charge on any atom is 0.262 e. The molecule has 2 aromatic rings. The largest absolute Gasteiger partial charge is 0.398 e. The van der Waals surface area contributed by atoms with E-state index in [1.807, 2.05) is 0 Å². The average Bonchev–Trinajstić information content (AvgIpc) is 2.33. The van der Waals surface area contributed by atoms with Gasteiger partial charge in [-0.15, -0.1) is 0 Å². The average molecular weight is 298 g/mol. The van der Waals surface area contributed by atoms with Crippen LogP contribution in [0.1, 0.15) is 0 Å². The van der Waals surface area contributed by atoms with Crippen LogP contribution in [-0.4, -0.2) is 23.3 Å². The predicted octanol–water partition coefficient (Wildman–Crippen LogP) is 1.39. The van der Waals surface area contributed by atoms with Crippen molar-refractivity contribution < 1.29 is 4.74 Å². The Kier molecular flexibility index (Phi) is 3.44. The summed E-state index contributed by atoms with van der Waals surface area (Å²) in [4.78, 5) is 16.4. The van der Waals surface area contributed by atoms with E-state index >= 15 is 0 Å². The van der Waals surface area contributed by atoms with Crippen LogP contribution < -0.4 is 11.3 Å². The fourth-order valence-corrected chi connectivity index (χ4v) is 2.07. The summed E-state index contributed by atoms with van der Waals surface area (Å²) in [6.07, 6.45) is 1.52. The quantitative estimate of drug-likeness (QED) is 0.869. The van der Waals surface area contributed by atoms with Gasteiger partial charge in [0.05, 0.1) is 34.9 Å². The SMILES string of the molecule is COCCn1cnc2ccc(N)c(Br)c2c1=O. The lowest BCUT2D eigenvalue weighted by molar-refractivity contribution is 0.186. The minimum Gasteiger partial charge on any atom is -0.398 e. The molecule has 0 saturated heterocycles. The van der Waals surface area contributed by atoms with E-state index in [1.54, 1.807) is 19.2 Å². The molecule has 0 aliphatic heterocycles. The van der Waals surface area contributed by atoms with Crippen LogP contribution in [0.2, 0.25) is 0 Å². The molecule has 0 aliphatic carbocycles. The van der Waals surface area contributed by atoms with Crippen molar-refractivity contribution in [2.24, 2.45) is 0 Å². The molecule has 1 aromatic heterocycles. The van der Waals surface area contributed by atoms with Gasteiger partial charge in [0.2, 0.25) is 0 Å². The van der Waals surface area contributed by atoms with Gasteiger partial charge in [-0.05, 0) is 28.1 Å². The van der Waals surface area contributed by atoms with Gasteiger partial charge >= 0.3 is 0 Å². The summed E-state index contributed by atoms with van der Waals surface area (Å²) < 4.78 is 7.05. The molecule has 0 fully saturated rings. The Morgan fingerprint density at radius 1 is 1.53 bits per heavy atom. The van der Waals surface area contributed by atoms with Gasteiger partial charge in [-0.25, -0.2) is 4.98 Å². The number of nitrogens with zero attached hydrogens (tertiary/aromatic N) is 2. The Morgan fingerprint density at radius 3 is 3.00 bits per heavy atom. The summed E-state index contributed by atoms with van der Waals surface area (Å²) in [6.45, 7) is 0.937. The molecular formula is C11H12BrN3O2. The number of methoxy groups -OCH3 is 1. The zero-order valence-corrected chi connectivity index (χ0v) is 10.9. The van der Waals surface area contributed by atoms with Gasteiger partial charge in [-0.2, -0.15) is 0 Å². The number of aromatic nitrogens is 2. The third-order valence-electron chi connectivity index (χ3n) is 2.50. The minimum absolute atomic E-state index is 0.119. The molecule has 0 spiro atoms. The second kappa shape index (κ2) is 4.85. The molecule has 0 bridgehead atoms. The summed E-state index contributed by atoms with van der Waals surface area (Å²) in [5, 5.41) is 0.503. The first kappa shape index (κ1) is 12.1. The second-order valence-corrected chi connectivity index (χ2v) is 4.39. The smallest absolute Gasteiger partial charge is 0.262 e. The molecule has 2 rings (SSSR count). The van der Waals surface area contributed by atoms with Crippen molar-refractivity contribution in [2.45, 2.75) is 6.54 Å². The van der Waals surface area contributed by atoms with E-state index < -0.39 is 0 Å². The number of fused-ring (bicyclic) bond motifs is 1. The third-order valence-corrected chi connectivity index (χ3v) is 3.35. The number of hydrogen-bond donors (Lipinski definition) is 1. The topological polar surface area (TPSA) is 70.1 Å². The zero-order valence-electron chi connectivity index (χ0n) is 9.31. The van der Waals surface area contributed by atoms with Crippen LogP contribution in [0, 0.1) is 0 Å². The Morgan fingerprint density at radius 2 is 2.29 bits per heavy atom. The fraction of sp³-hybridized carbons (Fsp3) is 0.273. The third kappa shape index (κ3) is 2.18. The van der Waals surface area contributed by atoms with Crippen LogP contribution in [-0.2, 0) is 11.3 Å². The monoisotopic (exact) mass is 297 g/mol. The number of hydrogen-bond acceptors (Lipinski definition) is 4. The molecule has 6 heteroatoms. The molecule has 0 amide bonds. The fourth-order valence-electron chi connectivity index (χ4n) is 1.57. The van der Waals surface area contributed by atoms with Gasteiger partial charge < -0.3 is 10.5 Å². The molecule has 17 heavy (non-hydrogen) atoms. The van der Waals surface area contributed by atoms with E-state index in [2.05, 4.69) is 20.9 Å². The number of benzene rings is 1. The molecular weight excluding hydrogens is 286 g/mol. The first-order chi connectivity index (χ1) is 8.15. The van der Waals surface area contributed by atoms with Gasteiger partial charge in [0.1, 0.15) is 0 Å². The molecule has 90 valence electrons. The summed E-state index contributed by atoms with van der Waals surface area (Å²) in [5.41, 5.74) is 6.80. The molecule has 2 N–H and O–H groups in total. The minimum atomic E-state index is -0.119. The number of nitrogen functional groups attached to an aromatic ring is 1. The van der Waals surface area contributed by atoms with Crippen LogP contribution in [0.3, 0.4) is 0 Å². The molecule has 1 aromatic carbocycles. The highest BCUT2D eigenvalue weighted by Gasteiger charge is 2.09. The summed E-state index contributed by atoms with van der Waals surface area (Å²) >= 11 is 3.32. The lowest BCUT2D eigenvalue weighted by Crippen LogP contribution is -2.23. The molecule has 5 nitrogen and oxygen atoms in total. The molecule has 0 atom stereocenters. The van der Waals surface area contributed by atoms with Gasteiger partial charge in [-0.1, -0.05) is 0 Å². The standard InChI is InChI=1S/C11H12BrN3O2/c1-17-5-4-15-6-14-8-3-2-7(13)10(12)9(8)11(15)16/h2-3,6H,4-5,13H2,1H3. The number of anilines is 1. The summed E-state index contributed by atoms with van der Waals surface area (Å²) in [6, 6.07) is 3.45. The first-order valence-corrected chi connectivity index (χ1v) is 5.86. The van der Waals surface area contributed by atoms with Crippen molar-refractivity contribution in [2.75, 3.05) is 19.5 Å². The number of rotatable bonds is 3. The van der Waals surface area contributed by atoms with Crippen LogP contribution in [0.5, 0.6) is 0 Å². The van der Waals surface area contributed by atoms with E-state index in [-0.39, 0.29) is 5.56 Å². The van der Waals surface area contributed by atoms with Crippen molar-refractivity contribution in [3.63, 3.8) is 0 Å². The lowest BCUT2D eigenvalue weighted by Gasteiger charge is -2.07. The van der Waals surface area contributed by atoms with Crippen molar-refractivity contribution >= 4 is 32.5 Å². The predicted molar refractivity (Wildman–Crippen MR) is 70.0 cm³/mol. The van der Waals surface area contributed by atoms with Gasteiger partial charge in [-0.3, -0.25) is 9.36 Å². The van der Waals surface area contributed by atoms with Crippen molar-refractivity contribution in [1.29, 1.82) is 0 Å². The van der Waals surface area contributed by atoms with Crippen molar-refractivity contribution in [1.82, 2.24) is 9.55 Å². The lowest BCUT2D eigenvalue weighted by atomic mass is 10.2. The number of halogens is 1. The highest BCUT2D eigenvalue weighted by Crippen LogP contribution is 2.25. The highest BCUT2D eigenvalue weighted by molar-refractivity contribution is 9.10. The molecule has 0 saturated carbocycles. The normalized spacial score (nSPS) is 10.9. The molecule has 1 heterocycles. The number of nitrogens with two attached hydrogens (primary N) is 1. The maximum absolute atomic E-state index is 12.2. The molecule has 0 aliphatic rings. The van der Waals surface area contributed by atoms with E-state index in [9.17, 15) is 4.79 Å². The van der Waals surface area contributed by atoms with E-state index in [1.165, 1.54) is 10.9 Å².